The van der Waals surface area contributed by atoms with Crippen molar-refractivity contribution in [2.24, 2.45) is 0 Å². The molecule has 4 nitrogen and oxygen atoms in total. The van der Waals surface area contributed by atoms with Gasteiger partial charge >= 0.3 is 0 Å². The Hall–Kier alpha value is -7.04. The molecule has 13 rings (SSSR count). The van der Waals surface area contributed by atoms with Crippen LogP contribution in [0.5, 0.6) is 0 Å². The predicted octanol–water partition coefficient (Wildman–Crippen LogP) is 17.0. The van der Waals surface area contributed by atoms with Crippen LogP contribution in [0.1, 0.15) is 112 Å². The normalized spacial score (nSPS) is 24.0. The molecule has 2 saturated carbocycles. The van der Waals surface area contributed by atoms with Crippen LogP contribution in [0.15, 0.2) is 182 Å². The molecule has 2 fully saturated rings. The highest BCUT2D eigenvalue weighted by Crippen LogP contribution is 2.64. The molecule has 3 aliphatic carbocycles. The SMILES string of the molecule is CN(C)c1ccc(N2c3ccc(-c4ccc5c(c4)-c4cc(-c6ccc7c(c6)C6(C)CCCCC6(C)N7c6ccc(N(C)C)cc6)ccc4C5(c4ccccc4)c4ccccc4)cc3C3(C)CCCCC23C)cc1. The third kappa shape index (κ3) is 6.38. The Morgan fingerprint density at radius 1 is 0.356 bits per heavy atom. The number of nitrogens with zero attached hydrogens (tertiary/aromatic N) is 4. The summed E-state index contributed by atoms with van der Waals surface area (Å²) in [5, 5.41) is 0. The molecule has 4 atom stereocenters. The number of anilines is 6. The van der Waals surface area contributed by atoms with Gasteiger partial charge in [0.05, 0.1) is 16.5 Å². The van der Waals surface area contributed by atoms with Crippen LogP contribution in [0.25, 0.3) is 33.4 Å². The van der Waals surface area contributed by atoms with E-state index in [1.165, 1.54) is 152 Å². The van der Waals surface area contributed by atoms with Crippen LogP contribution in [0.3, 0.4) is 0 Å². The highest BCUT2D eigenvalue weighted by atomic mass is 15.3. The highest BCUT2D eigenvalue weighted by molar-refractivity contribution is 5.92. The molecule has 0 N–H and O–H groups in total. The van der Waals surface area contributed by atoms with Gasteiger partial charge in [-0.1, -0.05) is 137 Å². The van der Waals surface area contributed by atoms with Crippen molar-refractivity contribution in [2.75, 3.05) is 47.8 Å². The molecule has 73 heavy (non-hydrogen) atoms. The molecule has 0 saturated heterocycles. The fourth-order valence-corrected chi connectivity index (χ4v) is 15.3. The van der Waals surface area contributed by atoms with E-state index in [2.05, 4.69) is 257 Å². The Kier molecular flexibility index (Phi) is 10.3. The molecule has 8 aromatic carbocycles. The predicted molar refractivity (Wildman–Crippen MR) is 309 cm³/mol. The van der Waals surface area contributed by atoms with Crippen LogP contribution in [0, 0.1) is 0 Å². The quantitative estimate of drug-likeness (QED) is 0.150. The molecule has 8 aromatic rings. The van der Waals surface area contributed by atoms with Gasteiger partial charge in [0.25, 0.3) is 0 Å². The standard InChI is InChI=1S/C69H70N4/c1-65-39-15-17-41-67(65,3)72(55-31-27-53(28-32-55)70(5)6)63-37-25-49(45-61(63)65)47-23-35-59-57(43-47)58-44-48(24-36-60(58)69(59,51-19-11-9-12-20-51)52-21-13-10-14-22-52)50-26-38-64-62(46-50)66(2)40-16-18-42-68(66,4)73(64)56-33-29-54(30-34-56)71(7)8/h9-14,19-38,43-46H,15-18,39-42H2,1-8H3. The van der Waals surface area contributed by atoms with Gasteiger partial charge in [0, 0.05) is 73.1 Å². The first-order chi connectivity index (χ1) is 35.3. The molecule has 5 aliphatic rings. The van der Waals surface area contributed by atoms with Crippen molar-refractivity contribution in [1.82, 2.24) is 0 Å². The summed E-state index contributed by atoms with van der Waals surface area (Å²) in [6.07, 6.45) is 9.75. The van der Waals surface area contributed by atoms with Crippen molar-refractivity contribution in [2.45, 2.75) is 106 Å². The zero-order valence-electron chi connectivity index (χ0n) is 44.3. The second kappa shape index (κ2) is 16.5. The summed E-state index contributed by atoms with van der Waals surface area (Å²) in [6.45, 7) is 10.2. The van der Waals surface area contributed by atoms with Gasteiger partial charge in [-0.15, -0.1) is 0 Å². The molecular weight excluding hydrogens is 885 g/mol. The van der Waals surface area contributed by atoms with Crippen molar-refractivity contribution < 1.29 is 0 Å². The van der Waals surface area contributed by atoms with E-state index in [1.54, 1.807) is 0 Å². The van der Waals surface area contributed by atoms with Crippen LogP contribution in [0.4, 0.5) is 34.1 Å². The molecule has 2 heterocycles. The van der Waals surface area contributed by atoms with Gasteiger partial charge in [-0.25, -0.2) is 0 Å². The van der Waals surface area contributed by atoms with E-state index >= 15 is 0 Å². The number of benzene rings is 8. The van der Waals surface area contributed by atoms with Gasteiger partial charge in [0.15, 0.2) is 0 Å². The largest absolute Gasteiger partial charge is 0.378 e. The fraction of sp³-hybridized carbons (Fsp3) is 0.304. The van der Waals surface area contributed by atoms with E-state index in [9.17, 15) is 0 Å². The minimum atomic E-state index is -0.486. The molecule has 366 valence electrons. The van der Waals surface area contributed by atoms with Crippen LogP contribution < -0.4 is 19.6 Å². The van der Waals surface area contributed by atoms with Crippen molar-refractivity contribution in [3.8, 4) is 33.4 Å². The Bertz CT molecular complexity index is 3200. The molecule has 4 unspecified atom stereocenters. The maximum absolute atomic E-state index is 2.70. The Balaban J connectivity index is 0.972. The molecule has 0 spiro atoms. The van der Waals surface area contributed by atoms with Crippen LogP contribution >= 0.6 is 0 Å². The average molecular weight is 955 g/mol. The molecule has 4 heteroatoms. The Morgan fingerprint density at radius 2 is 0.712 bits per heavy atom. The lowest BCUT2D eigenvalue weighted by atomic mass is 9.61. The summed E-state index contributed by atoms with van der Waals surface area (Å²) in [5.41, 5.74) is 23.2. The smallest absolute Gasteiger partial charge is 0.0713 e. The second-order valence-corrected chi connectivity index (χ2v) is 23.6. The molecule has 0 bridgehead atoms. The van der Waals surface area contributed by atoms with Gasteiger partial charge in [0.2, 0.25) is 0 Å². The van der Waals surface area contributed by atoms with Crippen molar-refractivity contribution in [3.63, 3.8) is 0 Å². The summed E-state index contributed by atoms with van der Waals surface area (Å²) in [7, 11) is 8.50. The fourth-order valence-electron chi connectivity index (χ4n) is 15.3. The van der Waals surface area contributed by atoms with Gasteiger partial charge in [0.1, 0.15) is 0 Å². The summed E-state index contributed by atoms with van der Waals surface area (Å²) in [5.74, 6) is 0. The first-order valence-electron chi connectivity index (χ1n) is 27.2. The van der Waals surface area contributed by atoms with Crippen LogP contribution in [0.2, 0.25) is 0 Å². The maximum atomic E-state index is 2.70. The average Bonchev–Trinajstić information content (AvgIpc) is 3.93. The summed E-state index contributed by atoms with van der Waals surface area (Å²) < 4.78 is 0. The van der Waals surface area contributed by atoms with E-state index < -0.39 is 5.41 Å². The number of rotatable bonds is 8. The lowest BCUT2D eigenvalue weighted by Gasteiger charge is -2.50. The molecule has 0 aromatic heterocycles. The lowest BCUT2D eigenvalue weighted by molar-refractivity contribution is 0.195. The highest BCUT2D eigenvalue weighted by Gasteiger charge is 2.59. The minimum Gasteiger partial charge on any atom is -0.378 e. The number of hydrogen-bond acceptors (Lipinski definition) is 4. The first kappa shape index (κ1) is 45.8. The van der Waals surface area contributed by atoms with Crippen molar-refractivity contribution in [3.05, 3.63) is 215 Å². The monoisotopic (exact) mass is 955 g/mol. The Labute approximate surface area is 435 Å². The zero-order valence-corrected chi connectivity index (χ0v) is 44.3. The number of fused-ring (bicyclic) bond motifs is 9. The third-order valence-corrected chi connectivity index (χ3v) is 19.7. The Morgan fingerprint density at radius 3 is 1.10 bits per heavy atom. The summed E-state index contributed by atoms with van der Waals surface area (Å²) in [6, 6.07) is 70.8. The summed E-state index contributed by atoms with van der Waals surface area (Å²) >= 11 is 0. The lowest BCUT2D eigenvalue weighted by Crippen LogP contribution is -2.54. The first-order valence-corrected chi connectivity index (χ1v) is 27.2. The van der Waals surface area contributed by atoms with E-state index in [-0.39, 0.29) is 21.9 Å². The van der Waals surface area contributed by atoms with Gasteiger partial charge in [-0.3, -0.25) is 0 Å². The molecule has 2 aliphatic heterocycles. The van der Waals surface area contributed by atoms with Crippen LogP contribution in [-0.2, 0) is 16.2 Å². The van der Waals surface area contributed by atoms with Gasteiger partial charge < -0.3 is 19.6 Å². The molecule has 0 radical (unpaired) electrons. The zero-order chi connectivity index (χ0) is 50.1. The van der Waals surface area contributed by atoms with Crippen molar-refractivity contribution in [1.29, 1.82) is 0 Å². The van der Waals surface area contributed by atoms with E-state index in [0.29, 0.717) is 0 Å². The second-order valence-electron chi connectivity index (χ2n) is 23.6. The van der Waals surface area contributed by atoms with E-state index in [0.717, 1.165) is 0 Å². The molecular formula is C69H70N4. The van der Waals surface area contributed by atoms with Gasteiger partial charge in [-0.05, 0) is 191 Å². The van der Waals surface area contributed by atoms with Crippen LogP contribution in [-0.4, -0.2) is 39.3 Å². The molecule has 0 amide bonds. The summed E-state index contributed by atoms with van der Waals surface area (Å²) in [4.78, 5) is 9.79. The van der Waals surface area contributed by atoms with E-state index in [4.69, 9.17) is 0 Å². The third-order valence-electron chi connectivity index (χ3n) is 19.7. The maximum Gasteiger partial charge on any atom is 0.0713 e. The topological polar surface area (TPSA) is 13.0 Å². The van der Waals surface area contributed by atoms with Crippen molar-refractivity contribution >= 4 is 34.1 Å². The number of hydrogen-bond donors (Lipinski definition) is 0. The van der Waals surface area contributed by atoms with E-state index in [1.807, 2.05) is 0 Å². The minimum absolute atomic E-state index is 0.0144. The van der Waals surface area contributed by atoms with Gasteiger partial charge in [-0.2, -0.15) is 0 Å².